The summed E-state index contributed by atoms with van der Waals surface area (Å²) < 4.78 is 41.6. The Hall–Kier alpha value is -2.20. The third kappa shape index (κ3) is 3.66. The van der Waals surface area contributed by atoms with Crippen molar-refractivity contribution in [2.24, 2.45) is 0 Å². The summed E-state index contributed by atoms with van der Waals surface area (Å²) in [6.07, 6.45) is 4.49. The standard InChI is InChI=1S/C24H24Cl2FN3O4S/c1-35(33,34)30-21(31)20-18(14-6-5-7-16(26)19(14)27)24(23(29-20)10-3-2-4-11-23)15-9-8-13(25)12-17(15)28-22(24)32/h5-9,12,18,20,29H,2-4,10-11H2,1H3,(H,28,32)(H,30,31)/t18-,20+,24?/m0/s1. The molecule has 2 spiro atoms. The first-order valence-electron chi connectivity index (χ1n) is 11.3. The number of nitrogens with one attached hydrogen (secondary N) is 3. The molecule has 7 nitrogen and oxygen atoms in total. The van der Waals surface area contributed by atoms with Crippen LogP contribution in [0.1, 0.15) is 49.1 Å². The second-order valence-corrected chi connectivity index (χ2v) is 12.2. The number of sulfonamides is 1. The van der Waals surface area contributed by atoms with E-state index in [0.29, 0.717) is 29.1 Å². The summed E-state index contributed by atoms with van der Waals surface area (Å²) in [6.45, 7) is 0. The Labute approximate surface area is 212 Å². The van der Waals surface area contributed by atoms with Crippen LogP contribution in [-0.4, -0.2) is 38.1 Å². The maximum absolute atomic E-state index is 15.6. The van der Waals surface area contributed by atoms with Crippen LogP contribution in [0.5, 0.6) is 0 Å². The molecule has 1 saturated heterocycles. The number of fused-ring (bicyclic) bond motifs is 3. The number of hydrogen-bond acceptors (Lipinski definition) is 5. The first-order valence-corrected chi connectivity index (χ1v) is 14.0. The highest BCUT2D eigenvalue weighted by Crippen LogP contribution is 2.62. The van der Waals surface area contributed by atoms with Gasteiger partial charge in [0.15, 0.2) is 0 Å². The topological polar surface area (TPSA) is 104 Å². The molecule has 2 aliphatic heterocycles. The molecule has 2 amide bonds. The van der Waals surface area contributed by atoms with Crippen molar-refractivity contribution in [3.05, 3.63) is 63.4 Å². The molecule has 0 bridgehead atoms. The molecule has 2 heterocycles. The Bertz CT molecular complexity index is 1350. The summed E-state index contributed by atoms with van der Waals surface area (Å²) in [5.41, 5.74) is -1.17. The molecular weight excluding hydrogens is 516 g/mol. The summed E-state index contributed by atoms with van der Waals surface area (Å²) in [4.78, 5) is 27.5. The average Bonchev–Trinajstić information content (AvgIpc) is 3.23. The van der Waals surface area contributed by atoms with Gasteiger partial charge in [0, 0.05) is 22.2 Å². The molecule has 1 saturated carbocycles. The third-order valence-corrected chi connectivity index (χ3v) is 8.69. The molecule has 2 aromatic rings. The minimum absolute atomic E-state index is 0.0686. The average molecular weight is 540 g/mol. The monoisotopic (exact) mass is 539 g/mol. The number of anilines is 1. The van der Waals surface area contributed by atoms with Gasteiger partial charge in [0.1, 0.15) is 11.2 Å². The highest BCUT2D eigenvalue weighted by Gasteiger charge is 2.72. The maximum atomic E-state index is 15.6. The normalized spacial score (nSPS) is 27.1. The molecule has 5 rings (SSSR count). The maximum Gasteiger partial charge on any atom is 0.251 e. The number of carbonyl (C=O) groups is 2. The fourth-order valence-electron chi connectivity index (χ4n) is 6.46. The van der Waals surface area contributed by atoms with Gasteiger partial charge in [0.25, 0.3) is 5.91 Å². The second-order valence-electron chi connectivity index (χ2n) is 9.58. The van der Waals surface area contributed by atoms with E-state index in [-0.39, 0.29) is 16.5 Å². The van der Waals surface area contributed by atoms with Crippen LogP contribution < -0.4 is 15.4 Å². The van der Waals surface area contributed by atoms with Crippen LogP contribution >= 0.6 is 23.2 Å². The molecule has 3 aliphatic rings. The van der Waals surface area contributed by atoms with E-state index >= 15 is 4.39 Å². The Morgan fingerprint density at radius 3 is 2.54 bits per heavy atom. The van der Waals surface area contributed by atoms with E-state index in [4.69, 9.17) is 23.2 Å². The van der Waals surface area contributed by atoms with Crippen molar-refractivity contribution >= 4 is 50.7 Å². The van der Waals surface area contributed by atoms with E-state index < -0.39 is 44.7 Å². The summed E-state index contributed by atoms with van der Waals surface area (Å²) in [7, 11) is -3.92. The number of halogens is 3. The van der Waals surface area contributed by atoms with Gasteiger partial charge >= 0.3 is 0 Å². The van der Waals surface area contributed by atoms with Crippen LogP contribution in [0.25, 0.3) is 0 Å². The molecular formula is C24H24Cl2FN3O4S. The van der Waals surface area contributed by atoms with Crippen molar-refractivity contribution in [2.45, 2.75) is 55.0 Å². The van der Waals surface area contributed by atoms with Crippen molar-refractivity contribution in [1.82, 2.24) is 10.0 Å². The van der Waals surface area contributed by atoms with Gasteiger partial charge in [-0.2, -0.15) is 0 Å². The quantitative estimate of drug-likeness (QED) is 0.549. The Morgan fingerprint density at radius 2 is 1.86 bits per heavy atom. The Balaban J connectivity index is 1.83. The molecule has 2 fully saturated rings. The predicted molar refractivity (Wildman–Crippen MR) is 132 cm³/mol. The van der Waals surface area contributed by atoms with Gasteiger partial charge in [-0.3, -0.25) is 19.6 Å². The van der Waals surface area contributed by atoms with E-state index in [1.807, 2.05) is 4.72 Å². The fourth-order valence-corrected chi connectivity index (χ4v) is 7.31. The smallest absolute Gasteiger partial charge is 0.251 e. The number of carbonyl (C=O) groups excluding carboxylic acids is 2. The van der Waals surface area contributed by atoms with Crippen molar-refractivity contribution in [3.8, 4) is 0 Å². The number of amides is 2. The lowest BCUT2D eigenvalue weighted by Gasteiger charge is -2.47. The molecule has 0 radical (unpaired) electrons. The van der Waals surface area contributed by atoms with E-state index in [2.05, 4.69) is 10.6 Å². The van der Waals surface area contributed by atoms with Crippen LogP contribution in [-0.2, 0) is 25.0 Å². The molecule has 3 N–H and O–H groups in total. The van der Waals surface area contributed by atoms with Crippen LogP contribution in [0.15, 0.2) is 36.4 Å². The first-order chi connectivity index (χ1) is 16.5. The first kappa shape index (κ1) is 24.5. The Morgan fingerprint density at radius 1 is 1.14 bits per heavy atom. The molecule has 1 unspecified atom stereocenters. The highest BCUT2D eigenvalue weighted by molar-refractivity contribution is 7.89. The Kier molecular flexibility index (Phi) is 5.90. The molecule has 35 heavy (non-hydrogen) atoms. The van der Waals surface area contributed by atoms with Gasteiger partial charge in [-0.1, -0.05) is 60.7 Å². The van der Waals surface area contributed by atoms with Gasteiger partial charge < -0.3 is 5.32 Å². The van der Waals surface area contributed by atoms with Gasteiger partial charge in [0.05, 0.1) is 17.3 Å². The molecule has 2 aromatic carbocycles. The van der Waals surface area contributed by atoms with E-state index in [0.717, 1.165) is 25.5 Å². The molecule has 0 aromatic heterocycles. The van der Waals surface area contributed by atoms with Gasteiger partial charge in [-0.15, -0.1) is 0 Å². The van der Waals surface area contributed by atoms with Crippen LogP contribution in [0.3, 0.4) is 0 Å². The van der Waals surface area contributed by atoms with E-state index in [9.17, 15) is 18.0 Å². The highest BCUT2D eigenvalue weighted by atomic mass is 35.5. The molecule has 186 valence electrons. The van der Waals surface area contributed by atoms with Gasteiger partial charge in [-0.05, 0) is 42.2 Å². The zero-order chi connectivity index (χ0) is 25.2. The zero-order valence-electron chi connectivity index (χ0n) is 18.8. The van der Waals surface area contributed by atoms with E-state index in [1.165, 1.54) is 12.1 Å². The van der Waals surface area contributed by atoms with Crippen molar-refractivity contribution in [2.75, 3.05) is 11.6 Å². The summed E-state index contributed by atoms with van der Waals surface area (Å²) in [5, 5.41) is 6.54. The van der Waals surface area contributed by atoms with Crippen LogP contribution in [0.4, 0.5) is 10.1 Å². The van der Waals surface area contributed by atoms with Crippen LogP contribution in [0.2, 0.25) is 10.0 Å². The predicted octanol–water partition coefficient (Wildman–Crippen LogP) is 3.86. The summed E-state index contributed by atoms with van der Waals surface area (Å²) in [5.74, 6) is -3.07. The second kappa shape index (κ2) is 8.44. The zero-order valence-corrected chi connectivity index (χ0v) is 21.2. The summed E-state index contributed by atoms with van der Waals surface area (Å²) >= 11 is 12.4. The number of benzene rings is 2. The number of rotatable bonds is 3. The van der Waals surface area contributed by atoms with E-state index in [1.54, 1.807) is 24.3 Å². The molecule has 1 aliphatic carbocycles. The summed E-state index contributed by atoms with van der Waals surface area (Å²) in [6, 6.07) is 8.26. The lowest BCUT2D eigenvalue weighted by molar-refractivity contribution is -0.124. The van der Waals surface area contributed by atoms with Gasteiger partial charge in [0.2, 0.25) is 15.9 Å². The lowest BCUT2D eigenvalue weighted by Crippen LogP contribution is -2.60. The fraction of sp³-hybridized carbons (Fsp3) is 0.417. The number of hydrogen-bond donors (Lipinski definition) is 3. The SMILES string of the molecule is CS(=O)(=O)NC(=O)[C@@H]1NC2(CCCCC2)C2(C(=O)Nc3cc(Cl)ccc32)[C@H]1c1cccc(Cl)c1F. The van der Waals surface area contributed by atoms with Crippen molar-refractivity contribution in [3.63, 3.8) is 0 Å². The molecule has 11 heteroatoms. The molecule has 3 atom stereocenters. The largest absolute Gasteiger partial charge is 0.325 e. The third-order valence-electron chi connectivity index (χ3n) is 7.59. The minimum atomic E-state index is -3.92. The van der Waals surface area contributed by atoms with Gasteiger partial charge in [-0.25, -0.2) is 12.8 Å². The van der Waals surface area contributed by atoms with Crippen molar-refractivity contribution < 1.29 is 22.4 Å². The van der Waals surface area contributed by atoms with Crippen molar-refractivity contribution in [1.29, 1.82) is 0 Å². The lowest BCUT2D eigenvalue weighted by atomic mass is 9.55. The minimum Gasteiger partial charge on any atom is -0.325 e. The van der Waals surface area contributed by atoms with Crippen LogP contribution in [0, 0.1) is 5.82 Å².